The van der Waals surface area contributed by atoms with Crippen LogP contribution in [0.3, 0.4) is 0 Å². The molecule has 60 valence electrons. The van der Waals surface area contributed by atoms with Gasteiger partial charge >= 0.3 is 0 Å². The number of alkyl halides is 1. The lowest BCUT2D eigenvalue weighted by molar-refractivity contribution is 0.825. The molecule has 0 saturated carbocycles. The molecule has 11 heavy (non-hydrogen) atoms. The lowest BCUT2D eigenvalue weighted by Gasteiger charge is -2.07. The van der Waals surface area contributed by atoms with Crippen molar-refractivity contribution in [3.63, 3.8) is 0 Å². The normalized spacial score (nSPS) is 10.5. The van der Waals surface area contributed by atoms with Crippen molar-refractivity contribution in [1.82, 2.24) is 9.97 Å². The van der Waals surface area contributed by atoms with Gasteiger partial charge in [-0.05, 0) is 11.5 Å². The van der Waals surface area contributed by atoms with Gasteiger partial charge in [-0.3, -0.25) is 0 Å². The lowest BCUT2D eigenvalue weighted by atomic mass is 10.0. The molecule has 1 rings (SSSR count). The molecule has 0 spiro atoms. The van der Waals surface area contributed by atoms with Gasteiger partial charge < -0.3 is 0 Å². The summed E-state index contributed by atoms with van der Waals surface area (Å²) in [5, 5.41) is 0. The highest BCUT2D eigenvalue weighted by molar-refractivity contribution is 6.17. The van der Waals surface area contributed by atoms with Crippen LogP contribution in [0.4, 0.5) is 0 Å². The number of nitrogens with zero attached hydrogens (tertiary/aromatic N) is 2. The molecule has 2 nitrogen and oxygen atoms in total. The minimum absolute atomic E-state index is 0.449. The molecule has 0 aliphatic carbocycles. The van der Waals surface area contributed by atoms with E-state index in [0.717, 1.165) is 11.3 Å². The van der Waals surface area contributed by atoms with Crippen molar-refractivity contribution in [1.29, 1.82) is 0 Å². The van der Waals surface area contributed by atoms with Crippen LogP contribution in [0, 0.1) is 0 Å². The predicted molar refractivity (Wildman–Crippen MR) is 45.7 cm³/mol. The van der Waals surface area contributed by atoms with Crippen molar-refractivity contribution in [2.75, 3.05) is 0 Å². The fourth-order valence-electron chi connectivity index (χ4n) is 0.960. The summed E-state index contributed by atoms with van der Waals surface area (Å²) in [5.74, 6) is 0.917. The fraction of sp³-hybridized carbons (Fsp3) is 0.500. The quantitative estimate of drug-likeness (QED) is 0.637. The summed E-state index contributed by atoms with van der Waals surface area (Å²) in [7, 11) is 0. The van der Waals surface area contributed by atoms with Gasteiger partial charge in [0, 0.05) is 6.20 Å². The third kappa shape index (κ3) is 1.90. The molecule has 0 atom stereocenters. The Labute approximate surface area is 71.6 Å². The van der Waals surface area contributed by atoms with Crippen LogP contribution in [0.25, 0.3) is 0 Å². The maximum Gasteiger partial charge on any atom is 0.115 e. The monoisotopic (exact) mass is 170 g/mol. The Balaban J connectivity index is 3.02. The molecule has 1 aromatic heterocycles. The van der Waals surface area contributed by atoms with Crippen molar-refractivity contribution in [2.45, 2.75) is 25.6 Å². The van der Waals surface area contributed by atoms with E-state index in [1.165, 1.54) is 6.33 Å². The number of rotatable bonds is 2. The Morgan fingerprint density at radius 3 is 2.73 bits per heavy atom. The Hall–Kier alpha value is -0.630. The van der Waals surface area contributed by atoms with Crippen LogP contribution in [0.15, 0.2) is 12.5 Å². The van der Waals surface area contributed by atoms with Crippen molar-refractivity contribution in [3.8, 4) is 0 Å². The number of hydrogen-bond acceptors (Lipinski definition) is 2. The molecule has 0 unspecified atom stereocenters. The molecule has 0 N–H and O–H groups in total. The average molecular weight is 171 g/mol. The third-order valence-electron chi connectivity index (χ3n) is 1.58. The first-order valence-corrected chi connectivity index (χ1v) is 4.14. The molecule has 1 aromatic rings. The van der Waals surface area contributed by atoms with Crippen LogP contribution in [0.1, 0.15) is 31.0 Å². The molecule has 0 amide bonds. The van der Waals surface area contributed by atoms with Gasteiger partial charge in [-0.2, -0.15) is 0 Å². The molecule has 3 heteroatoms. The highest BCUT2D eigenvalue weighted by Crippen LogP contribution is 2.16. The van der Waals surface area contributed by atoms with E-state index < -0.39 is 0 Å². The topological polar surface area (TPSA) is 25.8 Å². The second kappa shape index (κ2) is 3.67. The highest BCUT2D eigenvalue weighted by atomic mass is 35.5. The van der Waals surface area contributed by atoms with Gasteiger partial charge in [0.15, 0.2) is 0 Å². The standard InChI is InChI=1S/C8H11ClN2/c1-6(2)7-4-10-5-11-8(7)3-9/h4-6H,3H2,1-2H3. The Bertz CT molecular complexity index is 235. The first-order chi connectivity index (χ1) is 5.25. The minimum Gasteiger partial charge on any atom is -0.245 e. The van der Waals surface area contributed by atoms with Gasteiger partial charge in [-0.25, -0.2) is 9.97 Å². The summed E-state index contributed by atoms with van der Waals surface area (Å²) in [6.07, 6.45) is 3.36. The molecule has 0 radical (unpaired) electrons. The van der Waals surface area contributed by atoms with Gasteiger partial charge in [-0.1, -0.05) is 13.8 Å². The van der Waals surface area contributed by atoms with Gasteiger partial charge in [-0.15, -0.1) is 11.6 Å². The SMILES string of the molecule is CC(C)c1cncnc1CCl. The largest absolute Gasteiger partial charge is 0.245 e. The summed E-state index contributed by atoms with van der Waals surface area (Å²) in [6.45, 7) is 4.21. The van der Waals surface area contributed by atoms with E-state index in [1.807, 2.05) is 6.20 Å². The smallest absolute Gasteiger partial charge is 0.115 e. The molecular weight excluding hydrogens is 160 g/mol. The van der Waals surface area contributed by atoms with E-state index in [4.69, 9.17) is 11.6 Å². The van der Waals surface area contributed by atoms with Crippen LogP contribution in [0.2, 0.25) is 0 Å². The summed E-state index contributed by atoms with van der Waals surface area (Å²) in [6, 6.07) is 0. The van der Waals surface area contributed by atoms with Gasteiger partial charge in [0.2, 0.25) is 0 Å². The maximum atomic E-state index is 5.69. The van der Waals surface area contributed by atoms with Crippen molar-refractivity contribution in [3.05, 3.63) is 23.8 Å². The Morgan fingerprint density at radius 1 is 1.55 bits per heavy atom. The third-order valence-corrected chi connectivity index (χ3v) is 1.83. The average Bonchev–Trinajstić information content (AvgIpc) is 2.04. The molecule has 1 heterocycles. The molecule has 0 aliphatic heterocycles. The second-order valence-electron chi connectivity index (χ2n) is 2.71. The number of aromatic nitrogens is 2. The number of hydrogen-bond donors (Lipinski definition) is 0. The Morgan fingerprint density at radius 2 is 2.27 bits per heavy atom. The van der Waals surface area contributed by atoms with E-state index in [-0.39, 0.29) is 0 Å². The van der Waals surface area contributed by atoms with Crippen molar-refractivity contribution < 1.29 is 0 Å². The van der Waals surface area contributed by atoms with Crippen LogP contribution >= 0.6 is 11.6 Å². The summed E-state index contributed by atoms with van der Waals surface area (Å²) in [4.78, 5) is 8.02. The highest BCUT2D eigenvalue weighted by Gasteiger charge is 2.05. The summed E-state index contributed by atoms with van der Waals surface area (Å²) in [5.41, 5.74) is 2.08. The van der Waals surface area contributed by atoms with Crippen molar-refractivity contribution >= 4 is 11.6 Å². The van der Waals surface area contributed by atoms with Crippen molar-refractivity contribution in [2.24, 2.45) is 0 Å². The zero-order valence-corrected chi connectivity index (χ0v) is 7.47. The van der Waals surface area contributed by atoms with E-state index in [2.05, 4.69) is 23.8 Å². The maximum absolute atomic E-state index is 5.69. The molecule has 0 aliphatic rings. The van der Waals surface area contributed by atoms with Crippen LogP contribution in [-0.2, 0) is 5.88 Å². The summed E-state index contributed by atoms with van der Waals surface area (Å²) < 4.78 is 0. The molecule has 0 aromatic carbocycles. The van der Waals surface area contributed by atoms with Crippen LogP contribution < -0.4 is 0 Å². The predicted octanol–water partition coefficient (Wildman–Crippen LogP) is 2.34. The zero-order valence-electron chi connectivity index (χ0n) is 6.71. The van der Waals surface area contributed by atoms with Gasteiger partial charge in [0.1, 0.15) is 6.33 Å². The molecule has 0 bridgehead atoms. The van der Waals surface area contributed by atoms with E-state index >= 15 is 0 Å². The van der Waals surface area contributed by atoms with Gasteiger partial charge in [0.25, 0.3) is 0 Å². The zero-order chi connectivity index (χ0) is 8.27. The van der Waals surface area contributed by atoms with E-state index in [1.54, 1.807) is 0 Å². The van der Waals surface area contributed by atoms with Crippen LogP contribution in [-0.4, -0.2) is 9.97 Å². The Kier molecular flexibility index (Phi) is 2.83. The molecule has 0 fully saturated rings. The second-order valence-corrected chi connectivity index (χ2v) is 2.98. The number of halogens is 1. The van der Waals surface area contributed by atoms with E-state index in [0.29, 0.717) is 11.8 Å². The fourth-order valence-corrected chi connectivity index (χ4v) is 1.18. The summed E-state index contributed by atoms with van der Waals surface area (Å²) >= 11 is 5.69. The van der Waals surface area contributed by atoms with Crippen LogP contribution in [0.5, 0.6) is 0 Å². The molecule has 0 saturated heterocycles. The first-order valence-electron chi connectivity index (χ1n) is 3.60. The lowest BCUT2D eigenvalue weighted by Crippen LogP contribution is -1.97. The first kappa shape index (κ1) is 8.47. The minimum atomic E-state index is 0.449. The molecular formula is C8H11ClN2. The van der Waals surface area contributed by atoms with Gasteiger partial charge in [0.05, 0.1) is 11.6 Å². The van der Waals surface area contributed by atoms with E-state index in [9.17, 15) is 0 Å².